The number of aliphatic hydroxyl groups is 1. The molecule has 6 heteroatoms. The second-order valence-corrected chi connectivity index (χ2v) is 8.15. The third-order valence-electron chi connectivity index (χ3n) is 6.30. The Morgan fingerprint density at radius 3 is 2.59 bits per heavy atom. The van der Waals surface area contributed by atoms with Crippen LogP contribution in [0.5, 0.6) is 0 Å². The van der Waals surface area contributed by atoms with E-state index >= 15 is 0 Å². The van der Waals surface area contributed by atoms with Crippen molar-refractivity contribution in [3.63, 3.8) is 0 Å². The summed E-state index contributed by atoms with van der Waals surface area (Å²) in [4.78, 5) is 4.94. The van der Waals surface area contributed by atoms with Crippen molar-refractivity contribution in [3.8, 4) is 0 Å². The van der Waals surface area contributed by atoms with E-state index in [1.807, 2.05) is 6.92 Å². The number of β-amino-alcohol motifs (C(OH)–C–C–N with tert-alkyl or cyclic N) is 1. The summed E-state index contributed by atoms with van der Waals surface area (Å²) < 4.78 is 5.84. The van der Waals surface area contributed by atoms with E-state index in [2.05, 4.69) is 50.3 Å². The molecule has 6 nitrogen and oxygen atoms in total. The second-order valence-electron chi connectivity index (χ2n) is 8.15. The molecule has 2 saturated heterocycles. The molecule has 0 bridgehead atoms. The van der Waals surface area contributed by atoms with Crippen molar-refractivity contribution < 1.29 is 9.52 Å². The first-order valence-electron chi connectivity index (χ1n) is 10.1. The van der Waals surface area contributed by atoms with Crippen LogP contribution >= 0.6 is 0 Å². The van der Waals surface area contributed by atoms with E-state index in [0.717, 1.165) is 51.5 Å². The molecule has 2 aliphatic heterocycles. The highest BCUT2D eigenvalue weighted by atomic mass is 16.4. The van der Waals surface area contributed by atoms with Gasteiger partial charge < -0.3 is 14.4 Å². The van der Waals surface area contributed by atoms with Crippen LogP contribution in [0, 0.1) is 12.3 Å². The third kappa shape index (κ3) is 4.23. The summed E-state index contributed by atoms with van der Waals surface area (Å²) in [5, 5.41) is 17.6. The van der Waals surface area contributed by atoms with Gasteiger partial charge in [0.2, 0.25) is 11.8 Å². The van der Waals surface area contributed by atoms with Crippen molar-refractivity contribution in [2.75, 3.05) is 39.3 Å². The fourth-order valence-electron chi connectivity index (χ4n) is 4.74. The zero-order valence-corrected chi connectivity index (χ0v) is 16.2. The van der Waals surface area contributed by atoms with Gasteiger partial charge >= 0.3 is 0 Å². The highest BCUT2D eigenvalue weighted by Gasteiger charge is 2.47. The molecule has 0 aliphatic carbocycles. The van der Waals surface area contributed by atoms with Gasteiger partial charge in [-0.15, -0.1) is 10.2 Å². The maximum absolute atomic E-state index is 9.21. The van der Waals surface area contributed by atoms with Crippen molar-refractivity contribution in [1.29, 1.82) is 0 Å². The summed E-state index contributed by atoms with van der Waals surface area (Å²) >= 11 is 0. The summed E-state index contributed by atoms with van der Waals surface area (Å²) in [6.45, 7) is 7.16. The fraction of sp³-hybridized carbons (Fsp3) is 0.619. The van der Waals surface area contributed by atoms with Crippen molar-refractivity contribution in [2.24, 2.45) is 5.41 Å². The van der Waals surface area contributed by atoms with Crippen LogP contribution in [0.2, 0.25) is 0 Å². The minimum Gasteiger partial charge on any atom is -0.424 e. The van der Waals surface area contributed by atoms with Gasteiger partial charge in [-0.1, -0.05) is 30.3 Å². The standard InChI is InChI=1S/C21H30N4O2/c1-17-22-23-20(27-17)19-15-21(8-11-24(12-9-21)13-14-26)16-25(19)10-7-18-5-3-2-4-6-18/h2-6,19,26H,7-16H2,1H3. The van der Waals surface area contributed by atoms with E-state index in [1.54, 1.807) is 0 Å². The molecule has 0 saturated carbocycles. The van der Waals surface area contributed by atoms with Gasteiger partial charge in [0.25, 0.3) is 0 Å². The second kappa shape index (κ2) is 8.09. The van der Waals surface area contributed by atoms with Crippen molar-refractivity contribution in [3.05, 3.63) is 47.7 Å². The molecule has 1 aromatic carbocycles. The molecule has 146 valence electrons. The number of hydrogen-bond donors (Lipinski definition) is 1. The number of benzene rings is 1. The topological polar surface area (TPSA) is 65.6 Å². The molecule has 0 radical (unpaired) electrons. The van der Waals surface area contributed by atoms with E-state index in [1.165, 1.54) is 18.4 Å². The van der Waals surface area contributed by atoms with Gasteiger partial charge in [-0.3, -0.25) is 4.90 Å². The number of nitrogens with zero attached hydrogens (tertiary/aromatic N) is 4. The van der Waals surface area contributed by atoms with Gasteiger partial charge in [-0.05, 0) is 49.8 Å². The predicted octanol–water partition coefficient (Wildman–Crippen LogP) is 2.44. The lowest BCUT2D eigenvalue weighted by Gasteiger charge is -2.39. The van der Waals surface area contributed by atoms with Gasteiger partial charge in [0, 0.05) is 26.6 Å². The Morgan fingerprint density at radius 2 is 1.93 bits per heavy atom. The van der Waals surface area contributed by atoms with Crippen LogP contribution in [-0.4, -0.2) is 64.4 Å². The zero-order chi connectivity index (χ0) is 18.7. The molecule has 2 fully saturated rings. The predicted molar refractivity (Wildman–Crippen MR) is 103 cm³/mol. The molecule has 2 aliphatic rings. The fourth-order valence-corrected chi connectivity index (χ4v) is 4.74. The lowest BCUT2D eigenvalue weighted by Crippen LogP contribution is -2.42. The van der Waals surface area contributed by atoms with Gasteiger partial charge in [0.05, 0.1) is 12.6 Å². The molecule has 27 heavy (non-hydrogen) atoms. The molecule has 4 rings (SSSR count). The molecule has 2 aromatic rings. The third-order valence-corrected chi connectivity index (χ3v) is 6.30. The molecule has 1 spiro atoms. The SMILES string of the molecule is Cc1nnc(C2CC3(CCN(CCO)CC3)CN2CCc2ccccc2)o1. The van der Waals surface area contributed by atoms with Crippen LogP contribution in [-0.2, 0) is 6.42 Å². The number of aryl methyl sites for hydroxylation is 1. The summed E-state index contributed by atoms with van der Waals surface area (Å²) in [6.07, 6.45) is 4.49. The Hall–Kier alpha value is -1.76. The molecule has 3 heterocycles. The number of aromatic nitrogens is 2. The number of likely N-dealkylation sites (tertiary alicyclic amines) is 2. The smallest absolute Gasteiger partial charge is 0.233 e. The molecule has 1 aromatic heterocycles. The van der Waals surface area contributed by atoms with Crippen LogP contribution in [0.25, 0.3) is 0 Å². The van der Waals surface area contributed by atoms with Crippen molar-refractivity contribution in [1.82, 2.24) is 20.0 Å². The van der Waals surface area contributed by atoms with E-state index < -0.39 is 0 Å². The number of aliphatic hydroxyl groups excluding tert-OH is 1. The molecular weight excluding hydrogens is 340 g/mol. The van der Waals surface area contributed by atoms with Crippen LogP contribution in [0.4, 0.5) is 0 Å². The van der Waals surface area contributed by atoms with Gasteiger partial charge in [-0.25, -0.2) is 0 Å². The average Bonchev–Trinajstić information content (AvgIpc) is 3.27. The normalized spacial score (nSPS) is 23.3. The largest absolute Gasteiger partial charge is 0.424 e. The Labute approximate surface area is 161 Å². The Balaban J connectivity index is 1.47. The number of piperidine rings is 1. The monoisotopic (exact) mass is 370 g/mol. The summed E-state index contributed by atoms with van der Waals surface area (Å²) in [5.41, 5.74) is 1.70. The van der Waals surface area contributed by atoms with Gasteiger partial charge in [-0.2, -0.15) is 0 Å². The summed E-state index contributed by atoms with van der Waals surface area (Å²) in [6, 6.07) is 10.9. The zero-order valence-electron chi connectivity index (χ0n) is 16.2. The Kier molecular flexibility index (Phi) is 5.57. The molecule has 1 unspecified atom stereocenters. The number of hydrogen-bond acceptors (Lipinski definition) is 6. The first-order chi connectivity index (χ1) is 13.2. The van der Waals surface area contributed by atoms with Gasteiger partial charge in [0.1, 0.15) is 0 Å². The van der Waals surface area contributed by atoms with Crippen LogP contribution in [0.3, 0.4) is 0 Å². The Morgan fingerprint density at radius 1 is 1.15 bits per heavy atom. The van der Waals surface area contributed by atoms with Gasteiger partial charge in [0.15, 0.2) is 0 Å². The maximum Gasteiger partial charge on any atom is 0.233 e. The quantitative estimate of drug-likeness (QED) is 0.843. The maximum atomic E-state index is 9.21. The summed E-state index contributed by atoms with van der Waals surface area (Å²) in [5.74, 6) is 1.42. The minimum atomic E-state index is 0.222. The lowest BCUT2D eigenvalue weighted by molar-refractivity contribution is 0.0925. The number of rotatable bonds is 6. The first-order valence-corrected chi connectivity index (χ1v) is 10.1. The highest BCUT2D eigenvalue weighted by molar-refractivity contribution is 5.15. The Bertz CT molecular complexity index is 725. The average molecular weight is 370 g/mol. The van der Waals surface area contributed by atoms with Crippen LogP contribution < -0.4 is 0 Å². The molecule has 0 amide bonds. The molecular formula is C21H30N4O2. The van der Waals surface area contributed by atoms with Crippen molar-refractivity contribution in [2.45, 2.75) is 38.6 Å². The first kappa shape index (κ1) is 18.6. The highest BCUT2D eigenvalue weighted by Crippen LogP contribution is 2.48. The molecule has 1 atom stereocenters. The van der Waals surface area contributed by atoms with Crippen molar-refractivity contribution >= 4 is 0 Å². The minimum absolute atomic E-state index is 0.222. The summed E-state index contributed by atoms with van der Waals surface area (Å²) in [7, 11) is 0. The molecule has 1 N–H and O–H groups in total. The van der Waals surface area contributed by atoms with E-state index in [-0.39, 0.29) is 12.6 Å². The van der Waals surface area contributed by atoms with E-state index in [4.69, 9.17) is 4.42 Å². The van der Waals surface area contributed by atoms with E-state index in [9.17, 15) is 5.11 Å². The lowest BCUT2D eigenvalue weighted by atomic mass is 9.76. The van der Waals surface area contributed by atoms with E-state index in [0.29, 0.717) is 11.3 Å². The van der Waals surface area contributed by atoms with Crippen LogP contribution in [0.15, 0.2) is 34.7 Å². The van der Waals surface area contributed by atoms with Crippen LogP contribution in [0.1, 0.15) is 42.6 Å².